The molecule has 0 fully saturated rings. The molecule has 144 valence electrons. The molecule has 0 radical (unpaired) electrons. The smallest absolute Gasteiger partial charge is 0.258 e. The van der Waals surface area contributed by atoms with E-state index in [1.165, 1.54) is 18.5 Å². The van der Waals surface area contributed by atoms with Crippen molar-refractivity contribution in [1.82, 2.24) is 9.97 Å². The van der Waals surface area contributed by atoms with Crippen LogP contribution in [0.4, 0.5) is 26.1 Å². The Kier molecular flexibility index (Phi) is 5.78. The average Bonchev–Trinajstić information content (AvgIpc) is 2.66. The van der Waals surface area contributed by atoms with E-state index >= 15 is 0 Å². The van der Waals surface area contributed by atoms with Gasteiger partial charge in [-0.3, -0.25) is 4.79 Å². The van der Waals surface area contributed by atoms with Gasteiger partial charge in [0.15, 0.2) is 0 Å². The Labute approximate surface area is 160 Å². The van der Waals surface area contributed by atoms with Crippen LogP contribution in [-0.4, -0.2) is 22.0 Å². The number of anilines is 3. The lowest BCUT2D eigenvalue weighted by atomic mass is 10.2. The van der Waals surface area contributed by atoms with Crippen LogP contribution >= 0.6 is 0 Å². The van der Waals surface area contributed by atoms with E-state index in [4.69, 9.17) is 4.74 Å². The molecule has 3 aromatic rings. The molecular weight excluding hydrogens is 366 g/mol. The molecule has 1 heterocycles. The fraction of sp³-hybridized carbons (Fsp3) is 0.150. The molecule has 0 atom stereocenters. The van der Waals surface area contributed by atoms with Crippen LogP contribution in [0.1, 0.15) is 24.2 Å². The van der Waals surface area contributed by atoms with Gasteiger partial charge < -0.3 is 15.4 Å². The Morgan fingerprint density at radius 2 is 1.71 bits per heavy atom. The summed E-state index contributed by atoms with van der Waals surface area (Å²) in [6.07, 6.45) is 2.68. The molecule has 0 saturated heterocycles. The first kappa shape index (κ1) is 19.2. The minimum atomic E-state index is -0.768. The molecule has 0 unspecified atom stereocenters. The third-order valence-electron chi connectivity index (χ3n) is 3.58. The summed E-state index contributed by atoms with van der Waals surface area (Å²) in [5, 5.41) is 5.35. The maximum atomic E-state index is 13.7. The first-order valence-electron chi connectivity index (χ1n) is 8.53. The largest absolute Gasteiger partial charge is 0.491 e. The lowest BCUT2D eigenvalue weighted by Gasteiger charge is -2.11. The summed E-state index contributed by atoms with van der Waals surface area (Å²) in [7, 11) is 0. The molecule has 6 nitrogen and oxygen atoms in total. The molecule has 2 aromatic carbocycles. The second-order valence-corrected chi connectivity index (χ2v) is 6.19. The van der Waals surface area contributed by atoms with Crippen LogP contribution < -0.4 is 15.4 Å². The van der Waals surface area contributed by atoms with Crippen molar-refractivity contribution in [3.63, 3.8) is 0 Å². The van der Waals surface area contributed by atoms with Crippen LogP contribution in [0.15, 0.2) is 54.9 Å². The highest BCUT2D eigenvalue weighted by atomic mass is 19.1. The van der Waals surface area contributed by atoms with Gasteiger partial charge in [-0.25, -0.2) is 18.7 Å². The number of hydrogen-bond donors (Lipinski definition) is 2. The van der Waals surface area contributed by atoms with E-state index < -0.39 is 17.5 Å². The molecule has 0 saturated carbocycles. The third kappa shape index (κ3) is 5.00. The molecule has 0 bridgehead atoms. The van der Waals surface area contributed by atoms with Crippen molar-refractivity contribution >= 4 is 23.2 Å². The first-order chi connectivity index (χ1) is 13.4. The number of nitrogens with zero attached hydrogens (tertiary/aromatic N) is 2. The van der Waals surface area contributed by atoms with Gasteiger partial charge >= 0.3 is 0 Å². The number of benzene rings is 2. The third-order valence-corrected chi connectivity index (χ3v) is 3.58. The number of rotatable bonds is 6. The van der Waals surface area contributed by atoms with Crippen molar-refractivity contribution in [2.75, 3.05) is 10.6 Å². The van der Waals surface area contributed by atoms with E-state index in [1.54, 1.807) is 24.3 Å². The van der Waals surface area contributed by atoms with E-state index in [9.17, 15) is 13.6 Å². The molecule has 3 rings (SSSR count). The summed E-state index contributed by atoms with van der Waals surface area (Å²) in [6.45, 7) is 3.86. The zero-order chi connectivity index (χ0) is 20.1. The van der Waals surface area contributed by atoms with Crippen LogP contribution in [0, 0.1) is 11.6 Å². The highest BCUT2D eigenvalue weighted by Gasteiger charge is 2.10. The number of ether oxygens (including phenoxy) is 1. The van der Waals surface area contributed by atoms with Crippen LogP contribution in [0.2, 0.25) is 0 Å². The molecule has 0 spiro atoms. The van der Waals surface area contributed by atoms with Crippen LogP contribution in [0.25, 0.3) is 0 Å². The van der Waals surface area contributed by atoms with Gasteiger partial charge in [0, 0.05) is 24.1 Å². The van der Waals surface area contributed by atoms with E-state index in [1.807, 2.05) is 13.8 Å². The minimum Gasteiger partial charge on any atom is -0.491 e. The fourth-order valence-electron chi connectivity index (χ4n) is 2.31. The van der Waals surface area contributed by atoms with Crippen molar-refractivity contribution in [1.29, 1.82) is 0 Å². The van der Waals surface area contributed by atoms with Crippen LogP contribution in [0.5, 0.6) is 5.75 Å². The number of carbonyl (C=O) groups is 1. The molecule has 0 aliphatic heterocycles. The van der Waals surface area contributed by atoms with Gasteiger partial charge in [0.25, 0.3) is 5.91 Å². The number of halogens is 2. The molecule has 2 N–H and O–H groups in total. The van der Waals surface area contributed by atoms with Crippen molar-refractivity contribution in [2.45, 2.75) is 20.0 Å². The predicted molar refractivity (Wildman–Crippen MR) is 102 cm³/mol. The van der Waals surface area contributed by atoms with E-state index in [0.717, 1.165) is 12.1 Å². The van der Waals surface area contributed by atoms with Crippen LogP contribution in [-0.2, 0) is 0 Å². The zero-order valence-electron chi connectivity index (χ0n) is 15.2. The summed E-state index contributed by atoms with van der Waals surface area (Å²) >= 11 is 0. The standard InChI is InChI=1S/C20H18F2N4O2/c1-12(2)28-16-6-4-15(5-7-16)25-19(27)13-10-23-20(24-11-13)26-18-8-3-14(21)9-17(18)22/h3-12H,1-2H3,(H,25,27)(H,23,24,26). The summed E-state index contributed by atoms with van der Waals surface area (Å²) in [5.74, 6) is -1.05. The summed E-state index contributed by atoms with van der Waals surface area (Å²) in [5.41, 5.74) is 0.853. The van der Waals surface area contributed by atoms with Gasteiger partial charge in [-0.05, 0) is 50.2 Å². The van der Waals surface area contributed by atoms with Crippen molar-refractivity contribution in [3.8, 4) is 5.75 Å². The highest BCUT2D eigenvalue weighted by Crippen LogP contribution is 2.19. The van der Waals surface area contributed by atoms with Gasteiger partial charge in [-0.2, -0.15) is 0 Å². The summed E-state index contributed by atoms with van der Waals surface area (Å²) in [6, 6.07) is 10.1. The summed E-state index contributed by atoms with van der Waals surface area (Å²) in [4.78, 5) is 20.3. The Bertz CT molecular complexity index is 961. The van der Waals surface area contributed by atoms with Gasteiger partial charge in [-0.15, -0.1) is 0 Å². The highest BCUT2D eigenvalue weighted by molar-refractivity contribution is 6.03. The molecule has 1 aromatic heterocycles. The topological polar surface area (TPSA) is 76.1 Å². The van der Waals surface area contributed by atoms with E-state index in [0.29, 0.717) is 11.4 Å². The lowest BCUT2D eigenvalue weighted by Crippen LogP contribution is -2.13. The fourth-order valence-corrected chi connectivity index (χ4v) is 2.31. The Morgan fingerprint density at radius 3 is 2.32 bits per heavy atom. The molecule has 0 aliphatic rings. The van der Waals surface area contributed by atoms with Crippen molar-refractivity contribution in [3.05, 3.63) is 72.1 Å². The normalized spacial score (nSPS) is 10.6. The minimum absolute atomic E-state index is 0.0299. The number of carbonyl (C=O) groups excluding carboxylic acids is 1. The number of amides is 1. The molecule has 8 heteroatoms. The average molecular weight is 384 g/mol. The number of hydrogen-bond acceptors (Lipinski definition) is 5. The van der Waals surface area contributed by atoms with Crippen molar-refractivity contribution < 1.29 is 18.3 Å². The van der Waals surface area contributed by atoms with E-state index in [-0.39, 0.29) is 23.3 Å². The molecule has 28 heavy (non-hydrogen) atoms. The van der Waals surface area contributed by atoms with Crippen molar-refractivity contribution in [2.24, 2.45) is 0 Å². The Hall–Kier alpha value is -3.55. The second-order valence-electron chi connectivity index (χ2n) is 6.19. The monoisotopic (exact) mass is 384 g/mol. The number of aromatic nitrogens is 2. The van der Waals surface area contributed by atoms with Crippen LogP contribution in [0.3, 0.4) is 0 Å². The van der Waals surface area contributed by atoms with Gasteiger partial charge in [0.1, 0.15) is 17.4 Å². The summed E-state index contributed by atoms with van der Waals surface area (Å²) < 4.78 is 32.1. The zero-order valence-corrected chi connectivity index (χ0v) is 15.2. The maximum absolute atomic E-state index is 13.7. The maximum Gasteiger partial charge on any atom is 0.258 e. The quantitative estimate of drug-likeness (QED) is 0.653. The van der Waals surface area contributed by atoms with Gasteiger partial charge in [-0.1, -0.05) is 0 Å². The Balaban J connectivity index is 1.63. The number of nitrogens with one attached hydrogen (secondary N) is 2. The second kappa shape index (κ2) is 8.43. The Morgan fingerprint density at radius 1 is 1.04 bits per heavy atom. The van der Waals surface area contributed by atoms with E-state index in [2.05, 4.69) is 20.6 Å². The lowest BCUT2D eigenvalue weighted by molar-refractivity contribution is 0.102. The molecular formula is C20H18F2N4O2. The van der Waals surface area contributed by atoms with Gasteiger partial charge in [0.05, 0.1) is 17.4 Å². The first-order valence-corrected chi connectivity index (χ1v) is 8.53. The SMILES string of the molecule is CC(C)Oc1ccc(NC(=O)c2cnc(Nc3ccc(F)cc3F)nc2)cc1. The molecule has 0 aliphatic carbocycles. The predicted octanol–water partition coefficient (Wildman–Crippen LogP) is 4.54. The molecule has 1 amide bonds. The van der Waals surface area contributed by atoms with Gasteiger partial charge in [0.2, 0.25) is 5.95 Å².